The molecular formula is C12H14ClN3. The first kappa shape index (κ1) is 11.2. The average Bonchev–Trinajstić information content (AvgIpc) is 2.65. The van der Waals surface area contributed by atoms with E-state index in [0.29, 0.717) is 0 Å². The monoisotopic (exact) mass is 235 g/mol. The highest BCUT2D eigenvalue weighted by Gasteiger charge is 1.98. The second-order valence-electron chi connectivity index (χ2n) is 3.69. The van der Waals surface area contributed by atoms with Crippen molar-refractivity contribution in [2.75, 3.05) is 0 Å². The van der Waals surface area contributed by atoms with Crippen LogP contribution in [0.25, 0.3) is 0 Å². The molecule has 1 N–H and O–H groups in total. The summed E-state index contributed by atoms with van der Waals surface area (Å²) >= 11 is 5.90. The van der Waals surface area contributed by atoms with Crippen LogP contribution in [0.3, 0.4) is 0 Å². The van der Waals surface area contributed by atoms with Crippen molar-refractivity contribution in [2.45, 2.75) is 13.1 Å². The van der Waals surface area contributed by atoms with Gasteiger partial charge < -0.3 is 9.88 Å². The Morgan fingerprint density at radius 2 is 2.25 bits per heavy atom. The van der Waals surface area contributed by atoms with E-state index in [1.165, 1.54) is 5.56 Å². The highest BCUT2D eigenvalue weighted by molar-refractivity contribution is 6.30. The Morgan fingerprint density at radius 3 is 2.94 bits per heavy atom. The Kier molecular flexibility index (Phi) is 3.59. The van der Waals surface area contributed by atoms with Crippen molar-refractivity contribution in [3.63, 3.8) is 0 Å². The predicted octanol–water partition coefficient (Wildman–Crippen LogP) is 2.36. The summed E-state index contributed by atoms with van der Waals surface area (Å²) in [4.78, 5) is 4.24. The van der Waals surface area contributed by atoms with Crippen molar-refractivity contribution in [2.24, 2.45) is 7.05 Å². The maximum Gasteiger partial charge on any atom is 0.122 e. The summed E-state index contributed by atoms with van der Waals surface area (Å²) in [5, 5.41) is 4.10. The summed E-state index contributed by atoms with van der Waals surface area (Å²) in [5.41, 5.74) is 1.18. The van der Waals surface area contributed by atoms with Gasteiger partial charge in [0.15, 0.2) is 0 Å². The van der Waals surface area contributed by atoms with Crippen LogP contribution in [0, 0.1) is 0 Å². The number of aryl methyl sites for hydroxylation is 1. The minimum absolute atomic E-state index is 0.760. The first-order valence-corrected chi connectivity index (χ1v) is 5.55. The molecule has 16 heavy (non-hydrogen) atoms. The van der Waals surface area contributed by atoms with Gasteiger partial charge in [0.2, 0.25) is 0 Å². The van der Waals surface area contributed by atoms with Gasteiger partial charge in [-0.15, -0.1) is 0 Å². The molecular weight excluding hydrogens is 222 g/mol. The maximum atomic E-state index is 5.90. The first-order chi connectivity index (χ1) is 7.75. The van der Waals surface area contributed by atoms with E-state index in [1.807, 2.05) is 36.0 Å². The Balaban J connectivity index is 1.87. The smallest absolute Gasteiger partial charge is 0.122 e. The summed E-state index contributed by atoms with van der Waals surface area (Å²) in [6.07, 6.45) is 3.74. The number of imidazole rings is 1. The van der Waals surface area contributed by atoms with Crippen LogP contribution < -0.4 is 5.32 Å². The largest absolute Gasteiger partial charge is 0.337 e. The molecule has 0 aliphatic rings. The van der Waals surface area contributed by atoms with E-state index >= 15 is 0 Å². The summed E-state index contributed by atoms with van der Waals surface area (Å²) < 4.78 is 2.00. The quantitative estimate of drug-likeness (QED) is 0.882. The lowest BCUT2D eigenvalue weighted by Crippen LogP contribution is -2.15. The third-order valence-electron chi connectivity index (χ3n) is 2.42. The van der Waals surface area contributed by atoms with Gasteiger partial charge in [0.05, 0.1) is 6.54 Å². The molecule has 0 unspecified atom stereocenters. The number of halogens is 1. The maximum absolute atomic E-state index is 5.90. The molecule has 0 fully saturated rings. The molecule has 84 valence electrons. The van der Waals surface area contributed by atoms with Crippen molar-refractivity contribution in [1.29, 1.82) is 0 Å². The van der Waals surface area contributed by atoms with Crippen LogP contribution in [-0.2, 0) is 20.1 Å². The fourth-order valence-corrected chi connectivity index (χ4v) is 1.75. The van der Waals surface area contributed by atoms with Crippen LogP contribution in [0.5, 0.6) is 0 Å². The summed E-state index contributed by atoms with van der Waals surface area (Å²) in [6, 6.07) is 7.86. The molecule has 0 saturated heterocycles. The zero-order valence-corrected chi connectivity index (χ0v) is 9.91. The third-order valence-corrected chi connectivity index (χ3v) is 2.66. The summed E-state index contributed by atoms with van der Waals surface area (Å²) in [6.45, 7) is 1.56. The van der Waals surface area contributed by atoms with E-state index in [2.05, 4.69) is 16.4 Å². The van der Waals surface area contributed by atoms with Gasteiger partial charge in [0.1, 0.15) is 5.82 Å². The second kappa shape index (κ2) is 5.14. The van der Waals surface area contributed by atoms with Crippen LogP contribution in [0.2, 0.25) is 5.02 Å². The molecule has 3 nitrogen and oxygen atoms in total. The average molecular weight is 236 g/mol. The molecule has 4 heteroatoms. The van der Waals surface area contributed by atoms with Gasteiger partial charge in [0, 0.05) is 31.0 Å². The highest BCUT2D eigenvalue weighted by Crippen LogP contribution is 2.10. The van der Waals surface area contributed by atoms with Crippen LogP contribution in [0.1, 0.15) is 11.4 Å². The number of hydrogen-bond acceptors (Lipinski definition) is 2. The number of nitrogens with zero attached hydrogens (tertiary/aromatic N) is 2. The van der Waals surface area contributed by atoms with Crippen molar-refractivity contribution in [3.8, 4) is 0 Å². The van der Waals surface area contributed by atoms with E-state index in [9.17, 15) is 0 Å². The van der Waals surface area contributed by atoms with Crippen LogP contribution >= 0.6 is 11.6 Å². The Labute approximate surface area is 100 Å². The van der Waals surface area contributed by atoms with Crippen molar-refractivity contribution >= 4 is 11.6 Å². The molecule has 0 bridgehead atoms. The fraction of sp³-hybridized carbons (Fsp3) is 0.250. The van der Waals surface area contributed by atoms with Gasteiger partial charge in [-0.2, -0.15) is 0 Å². The molecule has 2 aromatic rings. The van der Waals surface area contributed by atoms with E-state index in [0.717, 1.165) is 23.9 Å². The molecule has 1 aromatic heterocycles. The van der Waals surface area contributed by atoms with Crippen molar-refractivity contribution in [1.82, 2.24) is 14.9 Å². The van der Waals surface area contributed by atoms with Gasteiger partial charge in [-0.3, -0.25) is 0 Å². The number of nitrogens with one attached hydrogen (secondary N) is 1. The SMILES string of the molecule is Cn1ccnc1CNCc1cccc(Cl)c1. The minimum Gasteiger partial charge on any atom is -0.337 e. The van der Waals surface area contributed by atoms with Crippen LogP contribution in [0.15, 0.2) is 36.7 Å². The Hall–Kier alpha value is -1.32. The molecule has 1 aromatic carbocycles. The molecule has 0 atom stereocenters. The fourth-order valence-electron chi connectivity index (χ4n) is 1.53. The summed E-state index contributed by atoms with van der Waals surface area (Å²) in [7, 11) is 1.99. The molecule has 0 radical (unpaired) electrons. The second-order valence-corrected chi connectivity index (χ2v) is 4.12. The first-order valence-electron chi connectivity index (χ1n) is 5.17. The molecule has 0 saturated carbocycles. The molecule has 2 rings (SSSR count). The number of aromatic nitrogens is 2. The van der Waals surface area contributed by atoms with Crippen LogP contribution in [-0.4, -0.2) is 9.55 Å². The highest BCUT2D eigenvalue weighted by atomic mass is 35.5. The zero-order valence-electron chi connectivity index (χ0n) is 9.15. The third kappa shape index (κ3) is 2.84. The van der Waals surface area contributed by atoms with E-state index in [1.54, 1.807) is 6.20 Å². The number of benzene rings is 1. The Morgan fingerprint density at radius 1 is 1.38 bits per heavy atom. The molecule has 0 aliphatic carbocycles. The van der Waals surface area contributed by atoms with Gasteiger partial charge in [-0.25, -0.2) is 4.98 Å². The molecule has 1 heterocycles. The van der Waals surface area contributed by atoms with Gasteiger partial charge in [-0.05, 0) is 17.7 Å². The standard InChI is InChI=1S/C12H14ClN3/c1-16-6-5-15-12(16)9-14-8-10-3-2-4-11(13)7-10/h2-7,14H,8-9H2,1H3. The normalized spacial score (nSPS) is 10.6. The molecule has 0 aliphatic heterocycles. The zero-order chi connectivity index (χ0) is 11.4. The molecule has 0 spiro atoms. The van der Waals surface area contributed by atoms with E-state index in [4.69, 9.17) is 11.6 Å². The van der Waals surface area contributed by atoms with Gasteiger partial charge in [0.25, 0.3) is 0 Å². The molecule has 0 amide bonds. The van der Waals surface area contributed by atoms with Crippen molar-refractivity contribution in [3.05, 3.63) is 53.1 Å². The summed E-state index contributed by atoms with van der Waals surface area (Å²) in [5.74, 6) is 1.03. The lowest BCUT2D eigenvalue weighted by Gasteiger charge is -2.05. The topological polar surface area (TPSA) is 29.9 Å². The number of hydrogen-bond donors (Lipinski definition) is 1. The lowest BCUT2D eigenvalue weighted by atomic mass is 10.2. The van der Waals surface area contributed by atoms with Crippen LogP contribution in [0.4, 0.5) is 0 Å². The van der Waals surface area contributed by atoms with Gasteiger partial charge in [-0.1, -0.05) is 23.7 Å². The lowest BCUT2D eigenvalue weighted by molar-refractivity contribution is 0.639. The van der Waals surface area contributed by atoms with Crippen molar-refractivity contribution < 1.29 is 0 Å². The minimum atomic E-state index is 0.760. The van der Waals surface area contributed by atoms with Gasteiger partial charge >= 0.3 is 0 Å². The predicted molar refractivity (Wildman–Crippen MR) is 65.2 cm³/mol. The van der Waals surface area contributed by atoms with E-state index in [-0.39, 0.29) is 0 Å². The van der Waals surface area contributed by atoms with E-state index < -0.39 is 0 Å². The number of rotatable bonds is 4. The Bertz CT molecular complexity index is 465.